The zero-order chi connectivity index (χ0) is 12.4. The topological polar surface area (TPSA) is 75.4 Å². The fourth-order valence-electron chi connectivity index (χ4n) is 2.41. The van der Waals surface area contributed by atoms with Crippen molar-refractivity contribution in [2.24, 2.45) is 0 Å². The van der Waals surface area contributed by atoms with Crippen LogP contribution in [0.2, 0.25) is 0 Å². The highest BCUT2D eigenvalue weighted by atomic mass is 35.5. The first-order valence-corrected chi connectivity index (χ1v) is 5.93. The van der Waals surface area contributed by atoms with Gasteiger partial charge in [0, 0.05) is 11.7 Å². The van der Waals surface area contributed by atoms with Gasteiger partial charge in [0.15, 0.2) is 0 Å². The number of carboxylic acids is 1. The molecule has 1 aliphatic heterocycles. The number of nitrogens with one attached hydrogen (secondary N) is 1. The Morgan fingerprint density at radius 3 is 2.83 bits per heavy atom. The van der Waals surface area contributed by atoms with E-state index in [4.69, 9.17) is 10.8 Å². The summed E-state index contributed by atoms with van der Waals surface area (Å²) >= 11 is 0. The maximum Gasteiger partial charge on any atom is 0.320 e. The molecule has 18 heavy (non-hydrogen) atoms. The van der Waals surface area contributed by atoms with Gasteiger partial charge in [0.2, 0.25) is 0 Å². The Hall–Kier alpha value is -1.26. The van der Waals surface area contributed by atoms with Gasteiger partial charge in [0.1, 0.15) is 6.04 Å². The molecule has 4 N–H and O–H groups in total. The van der Waals surface area contributed by atoms with Crippen molar-refractivity contribution < 1.29 is 9.90 Å². The molecule has 5 heteroatoms. The highest BCUT2D eigenvalue weighted by Gasteiger charge is 2.27. The molecule has 0 amide bonds. The number of hydrogen-bond donors (Lipinski definition) is 3. The predicted molar refractivity (Wildman–Crippen MR) is 74.0 cm³/mol. The van der Waals surface area contributed by atoms with Crippen molar-refractivity contribution in [3.05, 3.63) is 29.3 Å². The lowest BCUT2D eigenvalue weighted by atomic mass is 9.91. The lowest BCUT2D eigenvalue weighted by molar-refractivity contribution is -0.140. The van der Waals surface area contributed by atoms with E-state index in [1.54, 1.807) is 0 Å². The number of rotatable bonds is 2. The standard InChI is InChI=1S/C13H18N2O2.ClH/c1-8-5-6-9(14)7-10(8)11-3-2-4-12(15-11)13(16)17;/h5-7,11-12,15H,2-4,14H2,1H3,(H,16,17);1H. The normalized spacial score (nSPS) is 23.2. The second-order valence-corrected chi connectivity index (χ2v) is 4.66. The molecule has 2 rings (SSSR count). The molecule has 1 heterocycles. The zero-order valence-electron chi connectivity index (χ0n) is 10.3. The third-order valence-corrected chi connectivity index (χ3v) is 3.36. The highest BCUT2D eigenvalue weighted by molar-refractivity contribution is 5.85. The second-order valence-electron chi connectivity index (χ2n) is 4.66. The summed E-state index contributed by atoms with van der Waals surface area (Å²) in [6.45, 7) is 2.03. The smallest absolute Gasteiger partial charge is 0.320 e. The van der Waals surface area contributed by atoms with Crippen molar-refractivity contribution in [3.63, 3.8) is 0 Å². The first kappa shape index (κ1) is 14.8. The monoisotopic (exact) mass is 270 g/mol. The molecule has 1 fully saturated rings. The van der Waals surface area contributed by atoms with Crippen LogP contribution in [0.1, 0.15) is 36.4 Å². The molecule has 1 aromatic carbocycles. The van der Waals surface area contributed by atoms with Crippen LogP contribution in [0, 0.1) is 6.92 Å². The van der Waals surface area contributed by atoms with Gasteiger partial charge in [-0.2, -0.15) is 0 Å². The molecular weight excluding hydrogens is 252 g/mol. The van der Waals surface area contributed by atoms with E-state index in [-0.39, 0.29) is 18.4 Å². The molecule has 0 aromatic heterocycles. The summed E-state index contributed by atoms with van der Waals surface area (Å²) in [7, 11) is 0. The molecule has 1 saturated heterocycles. The Bertz CT molecular complexity index is 437. The third-order valence-electron chi connectivity index (χ3n) is 3.36. The number of nitrogens with two attached hydrogens (primary N) is 1. The van der Waals surface area contributed by atoms with E-state index in [9.17, 15) is 4.79 Å². The summed E-state index contributed by atoms with van der Waals surface area (Å²) in [6.07, 6.45) is 2.60. The number of aryl methyl sites for hydroxylation is 1. The van der Waals surface area contributed by atoms with Gasteiger partial charge in [0.05, 0.1) is 0 Å². The lowest BCUT2D eigenvalue weighted by Gasteiger charge is -2.30. The van der Waals surface area contributed by atoms with Gasteiger partial charge in [-0.15, -0.1) is 12.4 Å². The quantitative estimate of drug-likeness (QED) is 0.721. The molecule has 2 unspecified atom stereocenters. The molecule has 1 aromatic rings. The number of benzene rings is 1. The summed E-state index contributed by atoms with van der Waals surface area (Å²) in [5.41, 5.74) is 8.79. The van der Waals surface area contributed by atoms with E-state index < -0.39 is 12.0 Å². The van der Waals surface area contributed by atoms with Crippen molar-refractivity contribution in [3.8, 4) is 0 Å². The van der Waals surface area contributed by atoms with E-state index >= 15 is 0 Å². The van der Waals surface area contributed by atoms with Crippen molar-refractivity contribution >= 4 is 24.1 Å². The van der Waals surface area contributed by atoms with E-state index in [1.807, 2.05) is 25.1 Å². The molecule has 100 valence electrons. The van der Waals surface area contributed by atoms with Crippen molar-refractivity contribution in [1.29, 1.82) is 0 Å². The number of anilines is 1. The van der Waals surface area contributed by atoms with Crippen LogP contribution >= 0.6 is 12.4 Å². The van der Waals surface area contributed by atoms with E-state index in [0.29, 0.717) is 6.42 Å². The van der Waals surface area contributed by atoms with E-state index in [1.165, 1.54) is 0 Å². The Morgan fingerprint density at radius 2 is 2.17 bits per heavy atom. The van der Waals surface area contributed by atoms with Gasteiger partial charge >= 0.3 is 5.97 Å². The Morgan fingerprint density at radius 1 is 1.44 bits per heavy atom. The minimum Gasteiger partial charge on any atom is -0.480 e. The highest BCUT2D eigenvalue weighted by Crippen LogP contribution is 2.29. The van der Waals surface area contributed by atoms with Crippen molar-refractivity contribution in [2.45, 2.75) is 38.3 Å². The largest absolute Gasteiger partial charge is 0.480 e. The van der Waals surface area contributed by atoms with Crippen LogP contribution in [0.4, 0.5) is 5.69 Å². The van der Waals surface area contributed by atoms with Crippen LogP contribution in [0.5, 0.6) is 0 Å². The molecule has 0 spiro atoms. The number of nitrogen functional groups attached to an aromatic ring is 1. The molecule has 4 nitrogen and oxygen atoms in total. The predicted octanol–water partition coefficient (Wildman–Crippen LogP) is 2.27. The summed E-state index contributed by atoms with van der Waals surface area (Å²) in [6, 6.07) is 5.47. The average molecular weight is 271 g/mol. The van der Waals surface area contributed by atoms with E-state index in [0.717, 1.165) is 29.7 Å². The fourth-order valence-corrected chi connectivity index (χ4v) is 2.41. The van der Waals surface area contributed by atoms with Gasteiger partial charge in [-0.25, -0.2) is 0 Å². The molecular formula is C13H19ClN2O2. The molecule has 0 aliphatic carbocycles. The minimum absolute atomic E-state index is 0. The number of piperidine rings is 1. The Kier molecular flexibility index (Phi) is 4.99. The van der Waals surface area contributed by atoms with Gasteiger partial charge < -0.3 is 10.8 Å². The molecule has 0 bridgehead atoms. The lowest BCUT2D eigenvalue weighted by Crippen LogP contribution is -2.42. The summed E-state index contributed by atoms with van der Waals surface area (Å²) in [4.78, 5) is 11.0. The second kappa shape index (κ2) is 6.07. The number of carboxylic acid groups (broad SMARTS) is 1. The van der Waals surface area contributed by atoms with Crippen LogP contribution in [-0.4, -0.2) is 17.1 Å². The summed E-state index contributed by atoms with van der Waals surface area (Å²) in [5.74, 6) is -0.767. The van der Waals surface area contributed by atoms with Crippen molar-refractivity contribution in [2.75, 3.05) is 5.73 Å². The summed E-state index contributed by atoms with van der Waals surface area (Å²) < 4.78 is 0. The fraction of sp³-hybridized carbons (Fsp3) is 0.462. The molecule has 0 radical (unpaired) electrons. The molecule has 0 saturated carbocycles. The first-order valence-electron chi connectivity index (χ1n) is 5.93. The van der Waals surface area contributed by atoms with Crippen LogP contribution in [-0.2, 0) is 4.79 Å². The van der Waals surface area contributed by atoms with Gasteiger partial charge in [-0.3, -0.25) is 10.1 Å². The van der Waals surface area contributed by atoms with Gasteiger partial charge in [-0.1, -0.05) is 6.07 Å². The number of halogens is 1. The molecule has 2 atom stereocenters. The average Bonchev–Trinajstić information content (AvgIpc) is 2.32. The van der Waals surface area contributed by atoms with E-state index in [2.05, 4.69) is 5.32 Å². The van der Waals surface area contributed by atoms with Crippen LogP contribution in [0.15, 0.2) is 18.2 Å². The van der Waals surface area contributed by atoms with Crippen molar-refractivity contribution in [1.82, 2.24) is 5.32 Å². The SMILES string of the molecule is Cc1ccc(N)cc1C1CCCC(C(=O)O)N1.Cl. The maximum absolute atomic E-state index is 11.0. The zero-order valence-corrected chi connectivity index (χ0v) is 11.2. The first-order chi connectivity index (χ1) is 8.08. The van der Waals surface area contributed by atoms with Gasteiger partial charge in [-0.05, 0) is 49.4 Å². The number of hydrogen-bond acceptors (Lipinski definition) is 3. The third kappa shape index (κ3) is 3.15. The molecule has 1 aliphatic rings. The number of carbonyl (C=O) groups is 1. The number of aliphatic carboxylic acids is 1. The van der Waals surface area contributed by atoms with Crippen LogP contribution < -0.4 is 11.1 Å². The Balaban J connectivity index is 0.00000162. The van der Waals surface area contributed by atoms with Gasteiger partial charge in [0.25, 0.3) is 0 Å². The Labute approximate surface area is 113 Å². The van der Waals surface area contributed by atoms with Crippen LogP contribution in [0.25, 0.3) is 0 Å². The summed E-state index contributed by atoms with van der Waals surface area (Å²) in [5, 5.41) is 12.2. The minimum atomic E-state index is -0.767. The van der Waals surface area contributed by atoms with Crippen LogP contribution in [0.3, 0.4) is 0 Å². The maximum atomic E-state index is 11.0.